The molecule has 2 heterocycles. The number of nitrogens with zero attached hydrogens (tertiary/aromatic N) is 3. The largest absolute Gasteiger partial charge is 0.373 e. The minimum absolute atomic E-state index is 0.127. The van der Waals surface area contributed by atoms with Crippen LogP contribution in [0.25, 0.3) is 0 Å². The zero-order valence-corrected chi connectivity index (χ0v) is 11.6. The van der Waals surface area contributed by atoms with Gasteiger partial charge in [-0.05, 0) is 39.7 Å². The number of aryl methyl sites for hydroxylation is 1. The maximum atomic E-state index is 5.98. The van der Waals surface area contributed by atoms with Crippen LogP contribution in [0.1, 0.15) is 51.9 Å². The highest BCUT2D eigenvalue weighted by molar-refractivity contribution is 5.05. The van der Waals surface area contributed by atoms with Gasteiger partial charge in [0.2, 0.25) is 0 Å². The molecule has 0 spiro atoms. The van der Waals surface area contributed by atoms with Gasteiger partial charge < -0.3 is 10.1 Å². The van der Waals surface area contributed by atoms with Crippen LogP contribution in [0.15, 0.2) is 6.33 Å². The van der Waals surface area contributed by atoms with E-state index in [4.69, 9.17) is 4.74 Å². The smallest absolute Gasteiger partial charge is 0.146 e. The molecule has 1 aliphatic heterocycles. The lowest BCUT2D eigenvalue weighted by atomic mass is 9.92. The maximum absolute atomic E-state index is 5.98. The Kier molecular flexibility index (Phi) is 4.35. The first kappa shape index (κ1) is 13.5. The number of hydrogen-bond acceptors (Lipinski definition) is 4. The molecule has 102 valence electrons. The monoisotopic (exact) mass is 252 g/mol. The van der Waals surface area contributed by atoms with Gasteiger partial charge >= 0.3 is 0 Å². The first-order valence-corrected chi connectivity index (χ1v) is 6.96. The lowest BCUT2D eigenvalue weighted by molar-refractivity contribution is -0.0159. The van der Waals surface area contributed by atoms with E-state index in [1.165, 1.54) is 0 Å². The van der Waals surface area contributed by atoms with E-state index in [0.29, 0.717) is 0 Å². The Morgan fingerprint density at radius 3 is 3.00 bits per heavy atom. The molecule has 18 heavy (non-hydrogen) atoms. The Balaban J connectivity index is 2.24. The molecular weight excluding hydrogens is 228 g/mol. The van der Waals surface area contributed by atoms with Crippen molar-refractivity contribution in [3.05, 3.63) is 12.2 Å². The number of rotatable bonds is 6. The average molecular weight is 252 g/mol. The van der Waals surface area contributed by atoms with E-state index in [9.17, 15) is 0 Å². The molecule has 1 aliphatic rings. The highest BCUT2D eigenvalue weighted by atomic mass is 16.5. The lowest BCUT2D eigenvalue weighted by Gasteiger charge is -2.33. The van der Waals surface area contributed by atoms with Crippen LogP contribution < -0.4 is 5.32 Å². The van der Waals surface area contributed by atoms with Gasteiger partial charge in [0.25, 0.3) is 0 Å². The molecule has 0 radical (unpaired) electrons. The molecule has 5 heteroatoms. The summed E-state index contributed by atoms with van der Waals surface area (Å²) in [5.41, 5.74) is -0.158. The molecule has 1 fully saturated rings. The standard InChI is InChI=1S/C13H24N4O/c1-4-8-14-11(13(3)7-6-9-18-13)12-15-10-16-17(12)5-2/h10-11,14H,4-9H2,1-3H3. The van der Waals surface area contributed by atoms with Crippen LogP contribution in [0.3, 0.4) is 0 Å². The molecule has 0 bridgehead atoms. The number of aromatic nitrogens is 3. The second-order valence-corrected chi connectivity index (χ2v) is 5.09. The van der Waals surface area contributed by atoms with Crippen LogP contribution in [-0.4, -0.2) is 33.5 Å². The fourth-order valence-corrected chi connectivity index (χ4v) is 2.64. The zero-order valence-electron chi connectivity index (χ0n) is 11.6. The van der Waals surface area contributed by atoms with E-state index in [2.05, 4.69) is 36.2 Å². The summed E-state index contributed by atoms with van der Waals surface area (Å²) in [6.07, 6.45) is 4.94. The molecular formula is C13H24N4O. The summed E-state index contributed by atoms with van der Waals surface area (Å²) in [5.74, 6) is 0.996. The van der Waals surface area contributed by atoms with E-state index in [-0.39, 0.29) is 11.6 Å². The summed E-state index contributed by atoms with van der Waals surface area (Å²) in [5, 5.41) is 7.86. The normalized spacial score (nSPS) is 25.5. The first-order valence-electron chi connectivity index (χ1n) is 6.96. The van der Waals surface area contributed by atoms with E-state index >= 15 is 0 Å². The summed E-state index contributed by atoms with van der Waals surface area (Å²) in [6, 6.07) is 0.127. The molecule has 2 unspecified atom stereocenters. The topological polar surface area (TPSA) is 52.0 Å². The van der Waals surface area contributed by atoms with Crippen LogP contribution in [0.2, 0.25) is 0 Å². The number of hydrogen-bond donors (Lipinski definition) is 1. The van der Waals surface area contributed by atoms with Gasteiger partial charge in [0.1, 0.15) is 12.2 Å². The summed E-state index contributed by atoms with van der Waals surface area (Å²) >= 11 is 0. The molecule has 2 atom stereocenters. The number of ether oxygens (including phenoxy) is 1. The third-order valence-corrected chi connectivity index (χ3v) is 3.66. The van der Waals surface area contributed by atoms with Crippen molar-refractivity contribution in [2.75, 3.05) is 13.2 Å². The van der Waals surface area contributed by atoms with Gasteiger partial charge in [-0.2, -0.15) is 5.10 Å². The van der Waals surface area contributed by atoms with Crippen molar-refractivity contribution in [3.63, 3.8) is 0 Å². The van der Waals surface area contributed by atoms with Crippen molar-refractivity contribution in [1.82, 2.24) is 20.1 Å². The molecule has 0 saturated carbocycles. The maximum Gasteiger partial charge on any atom is 0.146 e. The SMILES string of the molecule is CCCNC(c1ncnn1CC)C1(C)CCCO1. The Morgan fingerprint density at radius 2 is 2.39 bits per heavy atom. The third kappa shape index (κ3) is 2.57. The Labute approximate surface area is 109 Å². The second-order valence-electron chi connectivity index (χ2n) is 5.09. The predicted molar refractivity (Wildman–Crippen MR) is 70.3 cm³/mol. The van der Waals surface area contributed by atoms with Crippen molar-refractivity contribution in [3.8, 4) is 0 Å². The summed E-state index contributed by atoms with van der Waals surface area (Å²) in [7, 11) is 0. The minimum Gasteiger partial charge on any atom is -0.373 e. The van der Waals surface area contributed by atoms with Crippen molar-refractivity contribution in [1.29, 1.82) is 0 Å². The first-order chi connectivity index (χ1) is 8.71. The summed E-state index contributed by atoms with van der Waals surface area (Å²) < 4.78 is 7.94. The van der Waals surface area contributed by atoms with E-state index < -0.39 is 0 Å². The van der Waals surface area contributed by atoms with Crippen molar-refractivity contribution in [2.24, 2.45) is 0 Å². The Hall–Kier alpha value is -0.940. The summed E-state index contributed by atoms with van der Waals surface area (Å²) in [6.45, 7) is 9.11. The molecule has 1 aromatic rings. The van der Waals surface area contributed by atoms with Gasteiger partial charge in [-0.25, -0.2) is 9.67 Å². The minimum atomic E-state index is -0.158. The highest BCUT2D eigenvalue weighted by Crippen LogP contribution is 2.36. The summed E-state index contributed by atoms with van der Waals surface area (Å²) in [4.78, 5) is 4.44. The van der Waals surface area contributed by atoms with Crippen LogP contribution in [0.4, 0.5) is 0 Å². The van der Waals surface area contributed by atoms with Crippen LogP contribution in [0.5, 0.6) is 0 Å². The molecule has 1 N–H and O–H groups in total. The van der Waals surface area contributed by atoms with E-state index in [1.54, 1.807) is 6.33 Å². The fourth-order valence-electron chi connectivity index (χ4n) is 2.64. The highest BCUT2D eigenvalue weighted by Gasteiger charge is 2.41. The molecule has 0 aliphatic carbocycles. The molecule has 1 saturated heterocycles. The van der Waals surface area contributed by atoms with Gasteiger partial charge in [0.05, 0.1) is 11.6 Å². The van der Waals surface area contributed by atoms with Crippen molar-refractivity contribution >= 4 is 0 Å². The molecule has 2 rings (SSSR count). The van der Waals surface area contributed by atoms with Crippen molar-refractivity contribution in [2.45, 2.75) is 58.2 Å². The van der Waals surface area contributed by atoms with Gasteiger partial charge in [-0.15, -0.1) is 0 Å². The zero-order chi connectivity index (χ0) is 13.0. The third-order valence-electron chi connectivity index (χ3n) is 3.66. The molecule has 0 amide bonds. The van der Waals surface area contributed by atoms with E-state index in [1.807, 2.05) is 4.68 Å². The quantitative estimate of drug-likeness (QED) is 0.840. The van der Waals surface area contributed by atoms with Gasteiger partial charge in [0, 0.05) is 13.2 Å². The average Bonchev–Trinajstić information content (AvgIpc) is 2.99. The van der Waals surface area contributed by atoms with E-state index in [0.717, 1.165) is 44.8 Å². The predicted octanol–water partition coefficient (Wildman–Crippen LogP) is 1.91. The molecule has 1 aromatic heterocycles. The van der Waals surface area contributed by atoms with Crippen LogP contribution >= 0.6 is 0 Å². The van der Waals surface area contributed by atoms with Gasteiger partial charge in [0.15, 0.2) is 0 Å². The van der Waals surface area contributed by atoms with Crippen LogP contribution in [-0.2, 0) is 11.3 Å². The molecule has 0 aromatic carbocycles. The number of nitrogens with one attached hydrogen (secondary N) is 1. The fraction of sp³-hybridized carbons (Fsp3) is 0.846. The second kappa shape index (κ2) is 5.80. The Morgan fingerprint density at radius 1 is 1.56 bits per heavy atom. The van der Waals surface area contributed by atoms with Crippen molar-refractivity contribution < 1.29 is 4.74 Å². The van der Waals surface area contributed by atoms with Gasteiger partial charge in [-0.3, -0.25) is 0 Å². The van der Waals surface area contributed by atoms with Gasteiger partial charge in [-0.1, -0.05) is 6.92 Å². The molecule has 5 nitrogen and oxygen atoms in total. The van der Waals surface area contributed by atoms with Crippen LogP contribution in [0, 0.1) is 0 Å². The lowest BCUT2D eigenvalue weighted by Crippen LogP contribution is -2.43. The Bertz CT molecular complexity index is 371.